The minimum atomic E-state index is -2.66. The Morgan fingerprint density at radius 1 is 0.962 bits per heavy atom. The number of aliphatic carboxylic acids is 1. The zero-order valence-corrected chi connectivity index (χ0v) is 19.9. The molecule has 0 spiro atoms. The third kappa shape index (κ3) is 7.34. The van der Waals surface area contributed by atoms with Gasteiger partial charge in [0.1, 0.15) is 0 Å². The second-order valence-corrected chi connectivity index (χ2v) is 20.1. The Balaban J connectivity index is 3.31. The predicted molar refractivity (Wildman–Crippen MR) is 114 cm³/mol. The van der Waals surface area contributed by atoms with Crippen molar-refractivity contribution in [2.24, 2.45) is 0 Å². The van der Waals surface area contributed by atoms with Crippen LogP contribution >= 0.6 is 0 Å². The normalized spacial score (nSPS) is 12.2. The van der Waals surface area contributed by atoms with Crippen LogP contribution in [0, 0.1) is 0 Å². The molecule has 0 atom stereocenters. The van der Waals surface area contributed by atoms with Gasteiger partial charge in [0.15, 0.2) is 0 Å². The van der Waals surface area contributed by atoms with Crippen molar-refractivity contribution < 1.29 is 14.6 Å². The molecule has 0 fully saturated rings. The van der Waals surface area contributed by atoms with Crippen molar-refractivity contribution in [1.29, 1.82) is 0 Å². The van der Waals surface area contributed by atoms with Gasteiger partial charge in [0.25, 0.3) is 0 Å². The molecule has 0 aliphatic heterocycles. The first-order valence-electron chi connectivity index (χ1n) is 10.1. The standard InChI is InChI=1S/C10H9O3.3C4H9.Sn/c1-7(10(11)12)8-3-5-9(13-2)6-4-8;3*1-3-4-2;/h1,3-6H,2H3,(H,11,12);3*1,3-4H2,2H3;. The molecular weight excluding hydrogens is 431 g/mol. The van der Waals surface area contributed by atoms with E-state index in [1.165, 1.54) is 51.8 Å². The molecule has 0 bridgehead atoms. The Hall–Kier alpha value is -0.971. The molecule has 0 unspecified atom stereocenters. The van der Waals surface area contributed by atoms with Gasteiger partial charge >= 0.3 is 164 Å². The molecule has 0 amide bonds. The van der Waals surface area contributed by atoms with Crippen LogP contribution in [0.25, 0.3) is 5.57 Å². The second-order valence-electron chi connectivity index (χ2n) is 7.26. The average Bonchev–Trinajstić information content (AvgIpc) is 2.66. The van der Waals surface area contributed by atoms with Gasteiger partial charge in [0.05, 0.1) is 0 Å². The van der Waals surface area contributed by atoms with Crippen LogP contribution in [-0.4, -0.2) is 36.6 Å². The van der Waals surface area contributed by atoms with E-state index in [4.69, 9.17) is 4.74 Å². The summed E-state index contributed by atoms with van der Waals surface area (Å²) in [4.78, 5) is 12.1. The molecule has 146 valence electrons. The maximum absolute atomic E-state index is 12.1. The Kier molecular flexibility index (Phi) is 11.0. The summed E-state index contributed by atoms with van der Waals surface area (Å²) in [7, 11) is 1.63. The number of carbonyl (C=O) groups is 1. The van der Waals surface area contributed by atoms with E-state index >= 15 is 0 Å². The van der Waals surface area contributed by atoms with Gasteiger partial charge < -0.3 is 0 Å². The van der Waals surface area contributed by atoms with Crippen molar-refractivity contribution in [2.75, 3.05) is 7.11 Å². The Bertz CT molecular complexity index is 541. The van der Waals surface area contributed by atoms with Crippen LogP contribution in [0.3, 0.4) is 0 Å². The van der Waals surface area contributed by atoms with Crippen molar-refractivity contribution >= 4 is 29.9 Å². The zero-order chi connectivity index (χ0) is 19.4. The van der Waals surface area contributed by atoms with E-state index < -0.39 is 24.3 Å². The Morgan fingerprint density at radius 2 is 1.42 bits per heavy atom. The molecule has 0 aliphatic rings. The SMILES string of the molecule is CCC[CH2][Sn](/[CH]=C(\C(=O)O)c1ccc(OC)cc1)([CH2]CCC)[CH2]CCC. The van der Waals surface area contributed by atoms with Gasteiger partial charge in [-0.25, -0.2) is 0 Å². The molecule has 0 saturated heterocycles. The van der Waals surface area contributed by atoms with Crippen molar-refractivity contribution in [2.45, 2.75) is 72.6 Å². The topological polar surface area (TPSA) is 46.5 Å². The number of methoxy groups -OCH3 is 1. The quantitative estimate of drug-likeness (QED) is 0.264. The van der Waals surface area contributed by atoms with E-state index in [1.807, 2.05) is 24.3 Å². The van der Waals surface area contributed by atoms with E-state index in [2.05, 4.69) is 24.9 Å². The number of benzene rings is 1. The van der Waals surface area contributed by atoms with Gasteiger partial charge in [-0.2, -0.15) is 0 Å². The predicted octanol–water partition coefficient (Wildman–Crippen LogP) is 6.55. The van der Waals surface area contributed by atoms with E-state index in [9.17, 15) is 9.90 Å². The number of hydrogen-bond acceptors (Lipinski definition) is 2. The van der Waals surface area contributed by atoms with Crippen molar-refractivity contribution in [3.63, 3.8) is 0 Å². The fourth-order valence-corrected chi connectivity index (χ4v) is 18.5. The van der Waals surface area contributed by atoms with Gasteiger partial charge in [-0.15, -0.1) is 0 Å². The Morgan fingerprint density at radius 3 is 1.77 bits per heavy atom. The number of carboxylic acids is 1. The van der Waals surface area contributed by atoms with Crippen molar-refractivity contribution in [1.82, 2.24) is 0 Å². The van der Waals surface area contributed by atoms with Gasteiger partial charge in [-0.3, -0.25) is 0 Å². The number of rotatable bonds is 13. The van der Waals surface area contributed by atoms with E-state index in [0.717, 1.165) is 11.3 Å². The fourth-order valence-electron chi connectivity index (χ4n) is 3.52. The second kappa shape index (κ2) is 12.4. The molecule has 0 saturated carbocycles. The fraction of sp³-hybridized carbons (Fsp3) is 0.591. The van der Waals surface area contributed by atoms with Crippen LogP contribution < -0.4 is 4.74 Å². The van der Waals surface area contributed by atoms with Crippen LogP contribution in [0.1, 0.15) is 64.9 Å². The summed E-state index contributed by atoms with van der Waals surface area (Å²) in [5.74, 6) is -0.0306. The molecular formula is C22H36O3Sn. The molecule has 0 aliphatic carbocycles. The molecule has 0 aromatic heterocycles. The monoisotopic (exact) mass is 468 g/mol. The summed E-state index contributed by atoms with van der Waals surface area (Å²) >= 11 is -2.66. The third-order valence-corrected chi connectivity index (χ3v) is 19.3. The van der Waals surface area contributed by atoms with Crippen LogP contribution in [-0.2, 0) is 4.79 Å². The summed E-state index contributed by atoms with van der Waals surface area (Å²) in [5.41, 5.74) is 1.33. The minimum absolute atomic E-state index is 0.520. The Labute approximate surface area is 163 Å². The molecule has 0 heterocycles. The summed E-state index contributed by atoms with van der Waals surface area (Å²) < 4.78 is 11.3. The number of unbranched alkanes of at least 4 members (excludes halogenated alkanes) is 3. The van der Waals surface area contributed by atoms with Gasteiger partial charge in [-0.05, 0) is 0 Å². The molecule has 26 heavy (non-hydrogen) atoms. The summed E-state index contributed by atoms with van der Waals surface area (Å²) in [6.45, 7) is 6.71. The summed E-state index contributed by atoms with van der Waals surface area (Å²) in [6.07, 6.45) is 7.27. The molecule has 1 rings (SSSR count). The van der Waals surface area contributed by atoms with Gasteiger partial charge in [-0.1, -0.05) is 0 Å². The molecule has 3 nitrogen and oxygen atoms in total. The van der Waals surface area contributed by atoms with E-state index in [1.54, 1.807) is 7.11 Å². The first-order valence-corrected chi connectivity index (χ1v) is 17.8. The third-order valence-electron chi connectivity index (χ3n) is 5.17. The van der Waals surface area contributed by atoms with E-state index in [0.29, 0.717) is 5.57 Å². The molecule has 0 radical (unpaired) electrons. The molecule has 1 aromatic carbocycles. The van der Waals surface area contributed by atoms with Crippen LogP contribution in [0.15, 0.2) is 28.4 Å². The molecule has 4 heteroatoms. The summed E-state index contributed by atoms with van der Waals surface area (Å²) in [5, 5.41) is 9.93. The number of ether oxygens (including phenoxy) is 1. The van der Waals surface area contributed by atoms with Gasteiger partial charge in [0.2, 0.25) is 0 Å². The van der Waals surface area contributed by atoms with Crippen LogP contribution in [0.5, 0.6) is 5.75 Å². The molecule has 1 N–H and O–H groups in total. The molecule has 1 aromatic rings. The van der Waals surface area contributed by atoms with Crippen molar-refractivity contribution in [3.05, 3.63) is 33.9 Å². The average molecular weight is 467 g/mol. The number of carboxylic acid groups (broad SMARTS) is 1. The van der Waals surface area contributed by atoms with Gasteiger partial charge in [0, 0.05) is 0 Å². The summed E-state index contributed by atoms with van der Waals surface area (Å²) in [6, 6.07) is 7.48. The van der Waals surface area contributed by atoms with Crippen molar-refractivity contribution in [3.8, 4) is 5.75 Å². The first kappa shape index (κ1) is 23.1. The van der Waals surface area contributed by atoms with E-state index in [-0.39, 0.29) is 0 Å². The first-order chi connectivity index (χ1) is 12.5. The van der Waals surface area contributed by atoms with Crippen LogP contribution in [0.2, 0.25) is 13.3 Å². The van der Waals surface area contributed by atoms with Crippen LogP contribution in [0.4, 0.5) is 0 Å². The maximum atomic E-state index is 12.1. The number of hydrogen-bond donors (Lipinski definition) is 1. The zero-order valence-electron chi connectivity index (χ0n) is 17.0.